The van der Waals surface area contributed by atoms with Crippen LogP contribution in [0.4, 0.5) is 0 Å². The van der Waals surface area contributed by atoms with Crippen LogP contribution in [0.5, 0.6) is 0 Å². The van der Waals surface area contributed by atoms with Gasteiger partial charge in [0.2, 0.25) is 0 Å². The molecule has 0 unspecified atom stereocenters. The lowest BCUT2D eigenvalue weighted by molar-refractivity contribution is 1.09. The van der Waals surface area contributed by atoms with Gasteiger partial charge in [-0.1, -0.05) is 22.7 Å². The van der Waals surface area contributed by atoms with Gasteiger partial charge in [-0.2, -0.15) is 0 Å². The molecular formula is C5H2N2O3S2. The van der Waals surface area contributed by atoms with Gasteiger partial charge in [0.15, 0.2) is 0 Å². The number of H-pyrrole nitrogens is 2. The van der Waals surface area contributed by atoms with Crippen LogP contribution < -0.4 is 15.3 Å². The molecule has 0 saturated heterocycles. The topological polar surface area (TPSA) is 82.8 Å². The van der Waals surface area contributed by atoms with Gasteiger partial charge in [0.05, 0.1) is 0 Å². The van der Waals surface area contributed by atoms with Gasteiger partial charge in [-0.3, -0.25) is 19.6 Å². The quantitative estimate of drug-likeness (QED) is 0.615. The zero-order chi connectivity index (χ0) is 8.72. The number of aromatic nitrogens is 2. The van der Waals surface area contributed by atoms with E-state index in [-0.39, 0.29) is 8.76 Å². The highest BCUT2D eigenvalue weighted by Crippen LogP contribution is 2.11. The molecule has 0 aliphatic heterocycles. The largest absolute Gasteiger partial charge is 0.326 e. The highest BCUT2D eigenvalue weighted by atomic mass is 32.2. The summed E-state index contributed by atoms with van der Waals surface area (Å²) in [4.78, 5) is 37.3. The first-order valence-corrected chi connectivity index (χ1v) is 4.56. The van der Waals surface area contributed by atoms with E-state index in [1.165, 1.54) is 0 Å². The molecule has 0 saturated carbocycles. The molecule has 0 aromatic carbocycles. The van der Waals surface area contributed by atoms with Crippen molar-refractivity contribution in [3.8, 4) is 0 Å². The van der Waals surface area contributed by atoms with Crippen molar-refractivity contribution < 1.29 is 0 Å². The second-order valence-corrected chi connectivity index (χ2v) is 4.25. The molecule has 0 atom stereocenters. The Labute approximate surface area is 72.3 Å². The number of hydrogen-bond acceptors (Lipinski definition) is 5. The van der Waals surface area contributed by atoms with Crippen molar-refractivity contribution in [3.05, 3.63) is 29.7 Å². The van der Waals surface area contributed by atoms with Gasteiger partial charge in [0.1, 0.15) is 9.53 Å². The predicted molar refractivity (Wildman–Crippen MR) is 47.2 cm³/mol. The lowest BCUT2D eigenvalue weighted by Gasteiger charge is -1.82. The number of rotatable bonds is 0. The number of fused-ring (bicyclic) bond motifs is 1. The van der Waals surface area contributed by atoms with E-state index >= 15 is 0 Å². The van der Waals surface area contributed by atoms with Gasteiger partial charge < -0.3 is 0 Å². The summed E-state index contributed by atoms with van der Waals surface area (Å²) in [5.41, 5.74) is -1.08. The number of aromatic amines is 2. The number of nitrogens with one attached hydrogen (secondary N) is 2. The maximum absolute atomic E-state index is 11.0. The third kappa shape index (κ3) is 1.03. The summed E-state index contributed by atoms with van der Waals surface area (Å²) < 4.78 is 0.0851. The van der Waals surface area contributed by atoms with Gasteiger partial charge in [-0.15, -0.1) is 0 Å². The smallest absolute Gasteiger partial charge is 0.298 e. The first-order chi connectivity index (χ1) is 5.66. The fourth-order valence-electron chi connectivity index (χ4n) is 0.806. The van der Waals surface area contributed by atoms with Gasteiger partial charge in [-0.25, -0.2) is 4.79 Å². The second-order valence-electron chi connectivity index (χ2n) is 2.02. The zero-order valence-corrected chi connectivity index (χ0v) is 7.17. The summed E-state index contributed by atoms with van der Waals surface area (Å²) in [5.74, 6) is 0. The van der Waals surface area contributed by atoms with Gasteiger partial charge in [0.25, 0.3) is 9.62 Å². The Hall–Kier alpha value is -1.21. The second kappa shape index (κ2) is 2.39. The molecule has 0 spiro atoms. The van der Waals surface area contributed by atoms with Crippen molar-refractivity contribution in [2.75, 3.05) is 0 Å². The lowest BCUT2D eigenvalue weighted by atomic mass is 10.7. The average molecular weight is 202 g/mol. The van der Waals surface area contributed by atoms with Gasteiger partial charge in [0, 0.05) is 0 Å². The highest BCUT2D eigenvalue weighted by Gasteiger charge is 2.04. The summed E-state index contributed by atoms with van der Waals surface area (Å²) in [6, 6.07) is 0. The molecule has 62 valence electrons. The fraction of sp³-hybridized carbons (Fsp3) is 0. The first kappa shape index (κ1) is 7.44. The van der Waals surface area contributed by atoms with Crippen LogP contribution in [-0.4, -0.2) is 9.97 Å². The summed E-state index contributed by atoms with van der Waals surface area (Å²) in [6.45, 7) is 0. The Morgan fingerprint density at radius 2 is 1.75 bits per heavy atom. The molecule has 0 radical (unpaired) electrons. The molecule has 2 aromatic heterocycles. The van der Waals surface area contributed by atoms with Crippen LogP contribution in [0.2, 0.25) is 0 Å². The molecule has 0 aliphatic rings. The fourth-order valence-corrected chi connectivity index (χ4v) is 2.67. The summed E-state index contributed by atoms with van der Waals surface area (Å²) >= 11 is 1.70. The van der Waals surface area contributed by atoms with E-state index in [1.807, 2.05) is 4.98 Å². The third-order valence-electron chi connectivity index (χ3n) is 1.24. The Morgan fingerprint density at radius 1 is 1.00 bits per heavy atom. The summed E-state index contributed by atoms with van der Waals surface area (Å²) in [6.07, 6.45) is 0. The molecule has 2 aromatic rings. The van der Waals surface area contributed by atoms with Crippen molar-refractivity contribution in [3.63, 3.8) is 0 Å². The Bertz CT molecular complexity index is 587. The van der Waals surface area contributed by atoms with E-state index in [1.54, 1.807) is 0 Å². The molecule has 2 rings (SSSR count). The van der Waals surface area contributed by atoms with E-state index < -0.39 is 11.2 Å². The van der Waals surface area contributed by atoms with Crippen molar-refractivity contribution in [2.45, 2.75) is 0 Å². The van der Waals surface area contributed by atoms with Crippen LogP contribution >= 0.6 is 22.7 Å². The Balaban J connectivity index is 3.18. The molecule has 0 amide bonds. The zero-order valence-electron chi connectivity index (χ0n) is 5.54. The maximum atomic E-state index is 11.0. The van der Waals surface area contributed by atoms with Crippen molar-refractivity contribution in [1.29, 1.82) is 0 Å². The third-order valence-corrected chi connectivity index (χ3v) is 3.30. The minimum atomic E-state index is -0.582. The minimum Gasteiger partial charge on any atom is -0.298 e. The van der Waals surface area contributed by atoms with Gasteiger partial charge >= 0.3 is 5.69 Å². The van der Waals surface area contributed by atoms with E-state index in [0.717, 1.165) is 22.7 Å². The van der Waals surface area contributed by atoms with Crippen LogP contribution in [-0.2, 0) is 0 Å². The monoisotopic (exact) mass is 202 g/mol. The minimum absolute atomic E-state index is 0.197. The van der Waals surface area contributed by atoms with Crippen LogP contribution in [0.25, 0.3) is 9.53 Å². The van der Waals surface area contributed by atoms with Crippen LogP contribution in [0.15, 0.2) is 14.4 Å². The van der Waals surface area contributed by atoms with Crippen LogP contribution in [0.3, 0.4) is 0 Å². The van der Waals surface area contributed by atoms with E-state index in [9.17, 15) is 14.4 Å². The van der Waals surface area contributed by atoms with E-state index in [0.29, 0.717) is 4.83 Å². The summed E-state index contributed by atoms with van der Waals surface area (Å²) in [5, 5.41) is 0. The van der Waals surface area contributed by atoms with Crippen molar-refractivity contribution in [1.82, 2.24) is 9.97 Å². The predicted octanol–water partition coefficient (Wildman–Crippen LogP) is -0.300. The van der Waals surface area contributed by atoms with E-state index in [2.05, 4.69) is 4.98 Å². The molecule has 0 bridgehead atoms. The lowest BCUT2D eigenvalue weighted by Crippen LogP contribution is -2.20. The van der Waals surface area contributed by atoms with Crippen molar-refractivity contribution >= 4 is 32.2 Å². The highest BCUT2D eigenvalue weighted by molar-refractivity contribution is 7.35. The molecule has 0 fully saturated rings. The number of hydrogen-bond donors (Lipinski definition) is 2. The maximum Gasteiger partial charge on any atom is 0.326 e. The molecule has 0 aliphatic carbocycles. The standard InChI is InChI=1S/C5H2N2O3S2/c8-2-1-3(7-4(9)6-2)12-5(10)11-1/h(H2,6,7,8,9). The molecule has 2 N–H and O–H groups in total. The Morgan fingerprint density at radius 3 is 2.50 bits per heavy atom. The normalized spacial score (nSPS) is 10.7. The van der Waals surface area contributed by atoms with Gasteiger partial charge in [-0.05, 0) is 0 Å². The SMILES string of the molecule is O=c1[nH]c(=O)c2sc(=O)sc2[nH]1. The van der Waals surface area contributed by atoms with Crippen LogP contribution in [0, 0.1) is 0 Å². The first-order valence-electron chi connectivity index (χ1n) is 2.93. The molecule has 12 heavy (non-hydrogen) atoms. The molecule has 2 heterocycles. The van der Waals surface area contributed by atoms with Crippen molar-refractivity contribution in [2.24, 2.45) is 0 Å². The summed E-state index contributed by atoms with van der Waals surface area (Å²) in [7, 11) is 0. The molecule has 5 nitrogen and oxygen atoms in total. The molecule has 7 heteroatoms. The Kier molecular flexibility index (Phi) is 1.48. The van der Waals surface area contributed by atoms with E-state index in [4.69, 9.17) is 0 Å². The van der Waals surface area contributed by atoms with Crippen LogP contribution in [0.1, 0.15) is 0 Å². The average Bonchev–Trinajstić information content (AvgIpc) is 2.29. The molecular weight excluding hydrogens is 200 g/mol.